The third kappa shape index (κ3) is 2.68. The first-order valence-corrected chi connectivity index (χ1v) is 8.07. The molecule has 2 rings (SSSR count). The number of hydrogen-bond donors (Lipinski definition) is 2. The molecule has 1 saturated carbocycles. The van der Waals surface area contributed by atoms with Crippen LogP contribution in [0.4, 0.5) is 4.79 Å². The summed E-state index contributed by atoms with van der Waals surface area (Å²) < 4.78 is 22.8. The maximum Gasteiger partial charge on any atom is 0.329 e. The molecule has 19 heavy (non-hydrogen) atoms. The van der Waals surface area contributed by atoms with Gasteiger partial charge in [-0.15, -0.1) is 0 Å². The highest BCUT2D eigenvalue weighted by atomic mass is 32.2. The Bertz CT molecular complexity index is 497. The van der Waals surface area contributed by atoms with E-state index >= 15 is 0 Å². The van der Waals surface area contributed by atoms with Crippen LogP contribution in [0.25, 0.3) is 0 Å². The Morgan fingerprint density at radius 3 is 2.37 bits per heavy atom. The quantitative estimate of drug-likeness (QED) is 0.750. The van der Waals surface area contributed by atoms with Crippen LogP contribution in [0, 0.1) is 0 Å². The highest BCUT2D eigenvalue weighted by Gasteiger charge is 2.47. The summed E-state index contributed by atoms with van der Waals surface area (Å²) in [6, 6.07) is -0.875. The second-order valence-corrected chi connectivity index (χ2v) is 7.57. The molecule has 8 heteroatoms. The molecular weight excluding hydrogens is 272 g/mol. The molecule has 1 saturated heterocycles. The fourth-order valence-electron chi connectivity index (χ4n) is 2.46. The van der Waals surface area contributed by atoms with E-state index in [1.807, 2.05) is 0 Å². The van der Waals surface area contributed by atoms with Crippen molar-refractivity contribution in [2.75, 3.05) is 18.6 Å². The second kappa shape index (κ2) is 4.66. The predicted octanol–water partition coefficient (Wildman–Crippen LogP) is -0.178. The van der Waals surface area contributed by atoms with Crippen LogP contribution in [0.2, 0.25) is 0 Å². The molecule has 2 amide bonds. The van der Waals surface area contributed by atoms with E-state index in [-0.39, 0.29) is 17.5 Å². The van der Waals surface area contributed by atoms with Gasteiger partial charge >= 0.3 is 12.0 Å². The molecule has 0 aromatic heterocycles. The van der Waals surface area contributed by atoms with Crippen molar-refractivity contribution in [2.24, 2.45) is 0 Å². The van der Waals surface area contributed by atoms with Crippen LogP contribution in [-0.4, -0.2) is 60.6 Å². The van der Waals surface area contributed by atoms with Crippen molar-refractivity contribution >= 4 is 21.8 Å². The Morgan fingerprint density at radius 2 is 2.00 bits per heavy atom. The molecule has 7 nitrogen and oxygen atoms in total. The van der Waals surface area contributed by atoms with Crippen molar-refractivity contribution in [3.8, 4) is 0 Å². The highest BCUT2D eigenvalue weighted by Crippen LogP contribution is 2.32. The van der Waals surface area contributed by atoms with Gasteiger partial charge < -0.3 is 15.3 Å². The van der Waals surface area contributed by atoms with E-state index in [9.17, 15) is 18.0 Å². The minimum absolute atomic E-state index is 0.0447. The van der Waals surface area contributed by atoms with Gasteiger partial charge in [-0.2, -0.15) is 0 Å². The minimum Gasteiger partial charge on any atom is -0.480 e. The number of carboxylic acid groups (broad SMARTS) is 1. The molecule has 0 bridgehead atoms. The first kappa shape index (κ1) is 14.1. The standard InChI is InChI=1S/C11H18N2O5S/c1-13(8-3-6-19(17,18)7-8)10(16)12-11(9(14)15)4-2-5-11/h8H,2-7H2,1H3,(H,12,16)(H,14,15). The molecule has 1 heterocycles. The molecule has 2 N–H and O–H groups in total. The average Bonchev–Trinajstić information content (AvgIpc) is 2.62. The number of carbonyl (C=O) groups excluding carboxylic acids is 1. The summed E-state index contributed by atoms with van der Waals surface area (Å²) in [5.74, 6) is -0.990. The number of aliphatic carboxylic acids is 1. The first-order chi connectivity index (χ1) is 8.76. The number of sulfone groups is 1. The maximum atomic E-state index is 12.0. The van der Waals surface area contributed by atoms with Gasteiger partial charge in [-0.1, -0.05) is 0 Å². The predicted molar refractivity (Wildman–Crippen MR) is 67.6 cm³/mol. The van der Waals surface area contributed by atoms with Crippen LogP contribution in [0.3, 0.4) is 0 Å². The van der Waals surface area contributed by atoms with Gasteiger partial charge in [0.25, 0.3) is 0 Å². The van der Waals surface area contributed by atoms with E-state index in [1.54, 1.807) is 0 Å². The first-order valence-electron chi connectivity index (χ1n) is 6.25. The fraction of sp³-hybridized carbons (Fsp3) is 0.818. The number of nitrogens with zero attached hydrogens (tertiary/aromatic N) is 1. The van der Waals surface area contributed by atoms with Crippen molar-refractivity contribution in [3.05, 3.63) is 0 Å². The summed E-state index contributed by atoms with van der Waals surface area (Å²) in [7, 11) is -1.55. The summed E-state index contributed by atoms with van der Waals surface area (Å²) in [6.07, 6.45) is 2.02. The molecule has 1 atom stereocenters. The summed E-state index contributed by atoms with van der Waals surface area (Å²) in [5, 5.41) is 11.7. The molecule has 0 spiro atoms. The van der Waals surface area contributed by atoms with Gasteiger partial charge in [-0.05, 0) is 25.7 Å². The Morgan fingerprint density at radius 1 is 1.37 bits per heavy atom. The van der Waals surface area contributed by atoms with Crippen LogP contribution >= 0.6 is 0 Å². The molecule has 1 aliphatic heterocycles. The molecule has 1 unspecified atom stereocenters. The lowest BCUT2D eigenvalue weighted by molar-refractivity contribution is -0.148. The zero-order chi connectivity index (χ0) is 14.3. The molecule has 1 aliphatic carbocycles. The van der Waals surface area contributed by atoms with Gasteiger partial charge in [0.15, 0.2) is 9.84 Å². The number of urea groups is 1. The molecule has 108 valence electrons. The maximum absolute atomic E-state index is 12.0. The number of carboxylic acids is 1. The van der Waals surface area contributed by atoms with E-state index in [1.165, 1.54) is 11.9 Å². The zero-order valence-corrected chi connectivity index (χ0v) is 11.6. The van der Waals surface area contributed by atoms with E-state index < -0.39 is 27.4 Å². The van der Waals surface area contributed by atoms with E-state index in [0.29, 0.717) is 19.3 Å². The van der Waals surface area contributed by atoms with Crippen molar-refractivity contribution in [3.63, 3.8) is 0 Å². The summed E-state index contributed by atoms with van der Waals surface area (Å²) in [4.78, 5) is 24.5. The summed E-state index contributed by atoms with van der Waals surface area (Å²) >= 11 is 0. The Hall–Kier alpha value is -1.31. The number of nitrogens with one attached hydrogen (secondary N) is 1. The topological polar surface area (TPSA) is 104 Å². The van der Waals surface area contributed by atoms with Crippen LogP contribution in [0.1, 0.15) is 25.7 Å². The lowest BCUT2D eigenvalue weighted by Crippen LogP contribution is -2.62. The summed E-state index contributed by atoms with van der Waals surface area (Å²) in [5.41, 5.74) is -1.16. The number of hydrogen-bond acceptors (Lipinski definition) is 4. The second-order valence-electron chi connectivity index (χ2n) is 5.34. The van der Waals surface area contributed by atoms with Crippen molar-refractivity contribution in [1.29, 1.82) is 0 Å². The Balaban J connectivity index is 1.98. The molecule has 2 fully saturated rings. The van der Waals surface area contributed by atoms with Gasteiger partial charge in [-0.3, -0.25) is 0 Å². The van der Waals surface area contributed by atoms with Crippen molar-refractivity contribution < 1.29 is 23.1 Å². The van der Waals surface area contributed by atoms with Gasteiger partial charge in [-0.25, -0.2) is 18.0 Å². The van der Waals surface area contributed by atoms with Crippen LogP contribution < -0.4 is 5.32 Å². The third-order valence-corrected chi connectivity index (χ3v) is 5.79. The monoisotopic (exact) mass is 290 g/mol. The van der Waals surface area contributed by atoms with E-state index in [4.69, 9.17) is 5.11 Å². The van der Waals surface area contributed by atoms with E-state index in [2.05, 4.69) is 5.32 Å². The number of amides is 2. The smallest absolute Gasteiger partial charge is 0.329 e. The lowest BCUT2D eigenvalue weighted by Gasteiger charge is -2.39. The Labute approximate surface area is 111 Å². The number of carbonyl (C=O) groups is 2. The Kier molecular flexibility index (Phi) is 3.46. The van der Waals surface area contributed by atoms with Gasteiger partial charge in [0, 0.05) is 13.1 Å². The van der Waals surface area contributed by atoms with Crippen LogP contribution in [0.15, 0.2) is 0 Å². The summed E-state index contributed by atoms with van der Waals surface area (Å²) in [6.45, 7) is 0. The molecule has 0 aromatic carbocycles. The SMILES string of the molecule is CN(C(=O)NC1(C(=O)O)CCC1)C1CCS(=O)(=O)C1. The van der Waals surface area contributed by atoms with Gasteiger partial charge in [0.2, 0.25) is 0 Å². The minimum atomic E-state index is -3.06. The van der Waals surface area contributed by atoms with Crippen LogP contribution in [-0.2, 0) is 14.6 Å². The molecule has 0 aromatic rings. The normalized spacial score (nSPS) is 27.3. The average molecular weight is 290 g/mol. The fourth-order valence-corrected chi connectivity index (χ4v) is 4.24. The largest absolute Gasteiger partial charge is 0.480 e. The zero-order valence-electron chi connectivity index (χ0n) is 10.8. The third-order valence-electron chi connectivity index (χ3n) is 4.04. The van der Waals surface area contributed by atoms with Gasteiger partial charge in [0.05, 0.1) is 11.5 Å². The lowest BCUT2D eigenvalue weighted by atomic mass is 9.77. The van der Waals surface area contributed by atoms with Crippen molar-refractivity contribution in [2.45, 2.75) is 37.3 Å². The molecular formula is C11H18N2O5S. The van der Waals surface area contributed by atoms with Crippen molar-refractivity contribution in [1.82, 2.24) is 10.2 Å². The molecule has 0 radical (unpaired) electrons. The highest BCUT2D eigenvalue weighted by molar-refractivity contribution is 7.91. The van der Waals surface area contributed by atoms with Crippen LogP contribution in [0.5, 0.6) is 0 Å². The van der Waals surface area contributed by atoms with E-state index in [0.717, 1.165) is 6.42 Å². The molecule has 2 aliphatic rings. The van der Waals surface area contributed by atoms with Gasteiger partial charge in [0.1, 0.15) is 5.54 Å². The number of rotatable bonds is 3.